The molecule has 0 atom stereocenters. The topological polar surface area (TPSA) is 20.3 Å². The number of benzene rings is 1. The van der Waals surface area contributed by atoms with Crippen molar-refractivity contribution in [3.63, 3.8) is 0 Å². The number of nitrogens with zero attached hydrogens (tertiary/aromatic N) is 1. The molecule has 0 spiro atoms. The Labute approximate surface area is 91.3 Å². The Bertz CT molecular complexity index is 412. The fourth-order valence-electron chi connectivity index (χ4n) is 1.60. The molecule has 2 rings (SSSR count). The molecule has 0 unspecified atom stereocenters. The summed E-state index contributed by atoms with van der Waals surface area (Å²) in [6.07, 6.45) is 4.04. The molecular formula is C11H10BrNO. The normalized spacial score (nSPS) is 14.0. The number of halogens is 1. The molecule has 1 heterocycles. The molecule has 0 fully saturated rings. The van der Waals surface area contributed by atoms with E-state index in [0.717, 1.165) is 15.7 Å². The molecule has 1 aliphatic rings. The third kappa shape index (κ3) is 1.48. The van der Waals surface area contributed by atoms with E-state index in [1.165, 1.54) is 0 Å². The van der Waals surface area contributed by atoms with Crippen LogP contribution in [0.3, 0.4) is 0 Å². The Hall–Kier alpha value is -1.09. The standard InChI is InChI=1S/C11H10BrNO/c1-8(14)13-7-3-4-9-10(12)5-2-6-11(9)13/h2-6H,7H2,1H3. The minimum Gasteiger partial charge on any atom is -0.308 e. The first kappa shape index (κ1) is 9.46. The average Bonchev–Trinajstić information content (AvgIpc) is 2.17. The van der Waals surface area contributed by atoms with Crippen molar-refractivity contribution in [2.45, 2.75) is 6.92 Å². The summed E-state index contributed by atoms with van der Waals surface area (Å²) in [6, 6.07) is 5.88. The molecule has 1 aromatic rings. The molecular weight excluding hydrogens is 242 g/mol. The maximum atomic E-state index is 11.3. The Kier molecular flexibility index (Phi) is 2.42. The van der Waals surface area contributed by atoms with E-state index in [2.05, 4.69) is 15.9 Å². The van der Waals surface area contributed by atoms with Crippen molar-refractivity contribution in [2.75, 3.05) is 11.4 Å². The van der Waals surface area contributed by atoms with Crippen LogP contribution < -0.4 is 4.90 Å². The lowest BCUT2D eigenvalue weighted by atomic mass is 10.1. The first-order valence-corrected chi connectivity index (χ1v) is 5.22. The summed E-state index contributed by atoms with van der Waals surface area (Å²) in [6.45, 7) is 2.25. The predicted octanol–water partition coefficient (Wildman–Crippen LogP) is 2.83. The molecule has 0 aromatic heterocycles. The summed E-state index contributed by atoms with van der Waals surface area (Å²) in [4.78, 5) is 13.1. The first-order chi connectivity index (χ1) is 6.70. The molecule has 14 heavy (non-hydrogen) atoms. The van der Waals surface area contributed by atoms with Crippen LogP contribution in [0.4, 0.5) is 5.69 Å². The molecule has 2 nitrogen and oxygen atoms in total. The van der Waals surface area contributed by atoms with Crippen molar-refractivity contribution < 1.29 is 4.79 Å². The maximum absolute atomic E-state index is 11.3. The Balaban J connectivity index is 2.56. The van der Waals surface area contributed by atoms with Gasteiger partial charge in [0.2, 0.25) is 5.91 Å². The smallest absolute Gasteiger partial charge is 0.224 e. The largest absolute Gasteiger partial charge is 0.308 e. The highest BCUT2D eigenvalue weighted by molar-refractivity contribution is 9.10. The van der Waals surface area contributed by atoms with Crippen molar-refractivity contribution in [1.82, 2.24) is 0 Å². The van der Waals surface area contributed by atoms with Crippen LogP contribution in [0, 0.1) is 0 Å². The van der Waals surface area contributed by atoms with E-state index >= 15 is 0 Å². The van der Waals surface area contributed by atoms with Gasteiger partial charge in [0, 0.05) is 23.5 Å². The monoisotopic (exact) mass is 251 g/mol. The second-order valence-corrected chi connectivity index (χ2v) is 4.06. The van der Waals surface area contributed by atoms with Gasteiger partial charge >= 0.3 is 0 Å². The van der Waals surface area contributed by atoms with Crippen LogP contribution in [0.2, 0.25) is 0 Å². The van der Waals surface area contributed by atoms with Crippen molar-refractivity contribution in [1.29, 1.82) is 0 Å². The third-order valence-corrected chi connectivity index (χ3v) is 2.96. The predicted molar refractivity (Wildman–Crippen MR) is 61.2 cm³/mol. The molecule has 3 heteroatoms. The third-order valence-electron chi connectivity index (χ3n) is 2.27. The first-order valence-electron chi connectivity index (χ1n) is 4.43. The minimum atomic E-state index is 0.0775. The lowest BCUT2D eigenvalue weighted by Crippen LogP contribution is -2.30. The van der Waals surface area contributed by atoms with Crippen molar-refractivity contribution in [2.24, 2.45) is 0 Å². The molecule has 1 aliphatic heterocycles. The highest BCUT2D eigenvalue weighted by Gasteiger charge is 2.17. The van der Waals surface area contributed by atoms with Gasteiger partial charge in [0.15, 0.2) is 0 Å². The van der Waals surface area contributed by atoms with Gasteiger partial charge in [-0.15, -0.1) is 0 Å². The van der Waals surface area contributed by atoms with Crippen LogP contribution in [0.1, 0.15) is 12.5 Å². The van der Waals surface area contributed by atoms with Crippen molar-refractivity contribution in [3.05, 3.63) is 34.3 Å². The second-order valence-electron chi connectivity index (χ2n) is 3.20. The van der Waals surface area contributed by atoms with Gasteiger partial charge in [-0.2, -0.15) is 0 Å². The molecule has 72 valence electrons. The number of hydrogen-bond acceptors (Lipinski definition) is 1. The number of carbonyl (C=O) groups excluding carboxylic acids is 1. The fraction of sp³-hybridized carbons (Fsp3) is 0.182. The van der Waals surface area contributed by atoms with E-state index in [1.807, 2.05) is 30.4 Å². The Morgan fingerprint density at radius 2 is 2.29 bits per heavy atom. The number of amides is 1. The number of rotatable bonds is 0. The molecule has 0 bridgehead atoms. The summed E-state index contributed by atoms with van der Waals surface area (Å²) in [5.41, 5.74) is 2.06. The zero-order valence-corrected chi connectivity index (χ0v) is 9.41. The second kappa shape index (κ2) is 3.58. The minimum absolute atomic E-state index is 0.0775. The average molecular weight is 252 g/mol. The van der Waals surface area contributed by atoms with E-state index < -0.39 is 0 Å². The van der Waals surface area contributed by atoms with Gasteiger partial charge in [-0.1, -0.05) is 34.1 Å². The van der Waals surface area contributed by atoms with Crippen LogP contribution in [0.5, 0.6) is 0 Å². The van der Waals surface area contributed by atoms with Gasteiger partial charge in [0.25, 0.3) is 0 Å². The van der Waals surface area contributed by atoms with Gasteiger partial charge in [-0.3, -0.25) is 4.79 Å². The molecule has 1 aromatic carbocycles. The number of hydrogen-bond donors (Lipinski definition) is 0. The molecule has 1 amide bonds. The van der Waals surface area contributed by atoms with Crippen LogP contribution in [-0.2, 0) is 4.79 Å². The summed E-state index contributed by atoms with van der Waals surface area (Å²) < 4.78 is 1.03. The van der Waals surface area contributed by atoms with Gasteiger partial charge in [-0.25, -0.2) is 0 Å². The van der Waals surface area contributed by atoms with Gasteiger partial charge in [0.05, 0.1) is 5.69 Å². The Morgan fingerprint density at radius 3 is 3.00 bits per heavy atom. The quantitative estimate of drug-likeness (QED) is 0.695. The molecule has 0 radical (unpaired) electrons. The summed E-state index contributed by atoms with van der Waals surface area (Å²) in [7, 11) is 0. The Morgan fingerprint density at radius 1 is 1.50 bits per heavy atom. The van der Waals surface area contributed by atoms with E-state index in [4.69, 9.17) is 0 Å². The highest BCUT2D eigenvalue weighted by atomic mass is 79.9. The van der Waals surface area contributed by atoms with E-state index in [1.54, 1.807) is 11.8 Å². The lowest BCUT2D eigenvalue weighted by Gasteiger charge is -2.25. The van der Waals surface area contributed by atoms with E-state index in [9.17, 15) is 4.79 Å². The summed E-state index contributed by atoms with van der Waals surface area (Å²) in [5, 5.41) is 0. The SMILES string of the molecule is CC(=O)N1CC=Cc2c(Br)cccc21. The summed E-state index contributed by atoms with van der Waals surface area (Å²) in [5.74, 6) is 0.0775. The maximum Gasteiger partial charge on any atom is 0.224 e. The molecule has 0 saturated heterocycles. The number of fused-ring (bicyclic) bond motifs is 1. The zero-order valence-electron chi connectivity index (χ0n) is 7.83. The molecule has 0 aliphatic carbocycles. The van der Waals surface area contributed by atoms with Crippen molar-refractivity contribution in [3.8, 4) is 0 Å². The number of anilines is 1. The number of carbonyl (C=O) groups is 1. The lowest BCUT2D eigenvalue weighted by molar-refractivity contribution is -0.116. The molecule has 0 saturated carbocycles. The van der Waals surface area contributed by atoms with Crippen LogP contribution >= 0.6 is 15.9 Å². The zero-order chi connectivity index (χ0) is 10.1. The van der Waals surface area contributed by atoms with Crippen LogP contribution in [0.25, 0.3) is 6.08 Å². The van der Waals surface area contributed by atoms with Crippen LogP contribution in [-0.4, -0.2) is 12.5 Å². The van der Waals surface area contributed by atoms with Gasteiger partial charge in [-0.05, 0) is 12.1 Å². The van der Waals surface area contributed by atoms with Gasteiger partial charge in [0.1, 0.15) is 0 Å². The van der Waals surface area contributed by atoms with Crippen molar-refractivity contribution >= 4 is 33.6 Å². The van der Waals surface area contributed by atoms with Gasteiger partial charge < -0.3 is 4.90 Å². The van der Waals surface area contributed by atoms with E-state index in [0.29, 0.717) is 6.54 Å². The van der Waals surface area contributed by atoms with Crippen LogP contribution in [0.15, 0.2) is 28.7 Å². The van der Waals surface area contributed by atoms with E-state index in [-0.39, 0.29) is 5.91 Å². The highest BCUT2D eigenvalue weighted by Crippen LogP contribution is 2.31. The fourth-order valence-corrected chi connectivity index (χ4v) is 2.09. The summed E-state index contributed by atoms with van der Waals surface area (Å²) >= 11 is 3.47. The molecule has 0 N–H and O–H groups in total.